The van der Waals surface area contributed by atoms with E-state index >= 15 is 0 Å². The number of aryl methyl sites for hydroxylation is 1. The summed E-state index contributed by atoms with van der Waals surface area (Å²) >= 11 is 9.28. The molecule has 0 N–H and O–H groups in total. The molecule has 154 valence electrons. The third kappa shape index (κ3) is 6.19. The van der Waals surface area contributed by atoms with Crippen LogP contribution in [-0.4, -0.2) is 48.7 Å². The first-order valence-electron chi connectivity index (χ1n) is 9.63. The second kappa shape index (κ2) is 10.4. The van der Waals surface area contributed by atoms with Crippen molar-refractivity contribution in [3.05, 3.63) is 53.1 Å². The number of para-hydroxylation sites is 1. The van der Waals surface area contributed by atoms with Crippen LogP contribution in [0.4, 0.5) is 5.13 Å². The maximum atomic E-state index is 13.0. The van der Waals surface area contributed by atoms with Crippen LogP contribution in [0.1, 0.15) is 18.4 Å². The molecule has 0 saturated carbocycles. The molecule has 3 aromatic rings. The number of carbonyl (C=O) groups excluding carboxylic acids is 1. The minimum Gasteiger partial charge on any atom is -0.308 e. The number of hydrogen-bond acceptors (Lipinski definition) is 5. The second-order valence-electron chi connectivity index (χ2n) is 7.17. The predicted molar refractivity (Wildman–Crippen MR) is 127 cm³/mol. The van der Waals surface area contributed by atoms with Gasteiger partial charge in [-0.3, -0.25) is 9.69 Å². The molecule has 3 rings (SSSR count). The number of amides is 1. The topological polar surface area (TPSA) is 36.4 Å². The number of hydrogen-bond donors (Lipinski definition) is 0. The van der Waals surface area contributed by atoms with Crippen LogP contribution in [0.15, 0.2) is 47.4 Å². The van der Waals surface area contributed by atoms with Crippen LogP contribution in [-0.2, 0) is 4.79 Å². The molecule has 1 amide bonds. The number of likely N-dealkylation sites (N-methyl/N-ethyl adjacent to an activating group) is 1. The third-order valence-corrected chi connectivity index (χ3v) is 6.92. The molecule has 0 aliphatic carbocycles. The molecule has 0 saturated heterocycles. The maximum absolute atomic E-state index is 13.0. The molecule has 1 heterocycles. The lowest BCUT2D eigenvalue weighted by atomic mass is 10.2. The van der Waals surface area contributed by atoms with Crippen molar-refractivity contribution in [1.82, 2.24) is 9.88 Å². The van der Waals surface area contributed by atoms with E-state index in [9.17, 15) is 4.79 Å². The Kier molecular flexibility index (Phi) is 7.95. The van der Waals surface area contributed by atoms with Gasteiger partial charge in [0.05, 0.1) is 10.2 Å². The number of anilines is 1. The Morgan fingerprint density at radius 1 is 1.14 bits per heavy atom. The first-order valence-corrected chi connectivity index (χ1v) is 11.8. The predicted octanol–water partition coefficient (Wildman–Crippen LogP) is 5.73. The van der Waals surface area contributed by atoms with Gasteiger partial charge in [0.25, 0.3) is 0 Å². The van der Waals surface area contributed by atoms with Gasteiger partial charge in [-0.15, -0.1) is 11.8 Å². The molecular formula is C22H26ClN3OS2. The molecule has 0 bridgehead atoms. The van der Waals surface area contributed by atoms with E-state index < -0.39 is 0 Å². The summed E-state index contributed by atoms with van der Waals surface area (Å²) < 4.78 is 1.13. The molecule has 0 radical (unpaired) electrons. The van der Waals surface area contributed by atoms with Crippen molar-refractivity contribution in [3.8, 4) is 0 Å². The van der Waals surface area contributed by atoms with Gasteiger partial charge < -0.3 is 4.90 Å². The highest BCUT2D eigenvalue weighted by molar-refractivity contribution is 7.99. The second-order valence-corrected chi connectivity index (χ2v) is 9.79. The zero-order chi connectivity index (χ0) is 20.8. The highest BCUT2D eigenvalue weighted by Crippen LogP contribution is 2.31. The van der Waals surface area contributed by atoms with E-state index in [-0.39, 0.29) is 5.91 Å². The number of nitrogens with zero attached hydrogens (tertiary/aromatic N) is 3. The number of aromatic nitrogens is 1. The lowest BCUT2D eigenvalue weighted by molar-refractivity contribution is -0.118. The Balaban J connectivity index is 1.64. The van der Waals surface area contributed by atoms with E-state index in [0.717, 1.165) is 44.7 Å². The molecule has 1 aromatic heterocycles. The number of rotatable bonds is 9. The number of fused-ring (bicyclic) bond motifs is 1. The highest BCUT2D eigenvalue weighted by atomic mass is 35.5. The van der Waals surface area contributed by atoms with Crippen LogP contribution in [0, 0.1) is 6.92 Å². The van der Waals surface area contributed by atoms with E-state index in [0.29, 0.717) is 13.0 Å². The Morgan fingerprint density at radius 3 is 2.59 bits per heavy atom. The largest absolute Gasteiger partial charge is 0.308 e. The van der Waals surface area contributed by atoms with Crippen LogP contribution in [0.25, 0.3) is 10.2 Å². The SMILES string of the molecule is Cc1cccc2sc(N(CCN(C)C)C(=O)CCCSc3ccc(Cl)cc3)nc12. The quantitative estimate of drug-likeness (QED) is 0.310. The lowest BCUT2D eigenvalue weighted by Gasteiger charge is -2.22. The number of halogens is 1. The highest BCUT2D eigenvalue weighted by Gasteiger charge is 2.20. The summed E-state index contributed by atoms with van der Waals surface area (Å²) in [4.78, 5) is 22.9. The molecule has 0 spiro atoms. The van der Waals surface area contributed by atoms with Gasteiger partial charge in [-0.05, 0) is 69.1 Å². The zero-order valence-corrected chi connectivity index (χ0v) is 19.4. The molecule has 4 nitrogen and oxygen atoms in total. The summed E-state index contributed by atoms with van der Waals surface area (Å²) in [6.07, 6.45) is 1.34. The normalized spacial score (nSPS) is 11.3. The maximum Gasteiger partial charge on any atom is 0.228 e. The van der Waals surface area contributed by atoms with Crippen molar-refractivity contribution in [2.24, 2.45) is 0 Å². The van der Waals surface area contributed by atoms with E-state index in [1.165, 1.54) is 4.90 Å². The average molecular weight is 448 g/mol. The molecule has 0 fully saturated rings. The van der Waals surface area contributed by atoms with Crippen molar-refractivity contribution in [1.29, 1.82) is 0 Å². The monoisotopic (exact) mass is 447 g/mol. The van der Waals surface area contributed by atoms with Crippen molar-refractivity contribution in [2.45, 2.75) is 24.7 Å². The van der Waals surface area contributed by atoms with Gasteiger partial charge in [0.1, 0.15) is 0 Å². The van der Waals surface area contributed by atoms with Gasteiger partial charge in [0, 0.05) is 29.4 Å². The summed E-state index contributed by atoms with van der Waals surface area (Å²) in [6.45, 7) is 3.51. The van der Waals surface area contributed by atoms with Crippen molar-refractivity contribution < 1.29 is 4.79 Å². The van der Waals surface area contributed by atoms with E-state index in [4.69, 9.17) is 16.6 Å². The average Bonchev–Trinajstić information content (AvgIpc) is 3.12. The summed E-state index contributed by atoms with van der Waals surface area (Å²) in [5.41, 5.74) is 2.14. The van der Waals surface area contributed by atoms with Crippen LogP contribution in [0.2, 0.25) is 5.02 Å². The van der Waals surface area contributed by atoms with Gasteiger partial charge in [-0.1, -0.05) is 35.1 Å². The first-order chi connectivity index (χ1) is 13.9. The number of thiazole rings is 1. The Bertz CT molecular complexity index is 956. The van der Waals surface area contributed by atoms with Crippen molar-refractivity contribution in [3.63, 3.8) is 0 Å². The van der Waals surface area contributed by atoms with Gasteiger partial charge >= 0.3 is 0 Å². The fraction of sp³-hybridized carbons (Fsp3) is 0.364. The van der Waals surface area contributed by atoms with E-state index in [2.05, 4.69) is 24.0 Å². The number of carbonyl (C=O) groups is 1. The summed E-state index contributed by atoms with van der Waals surface area (Å²) in [5, 5.41) is 1.54. The van der Waals surface area contributed by atoms with Gasteiger partial charge in [0.2, 0.25) is 5.91 Å². The van der Waals surface area contributed by atoms with Gasteiger partial charge in [0.15, 0.2) is 5.13 Å². The molecular weight excluding hydrogens is 422 g/mol. The number of benzene rings is 2. The van der Waals surface area contributed by atoms with E-state index in [1.807, 2.05) is 49.3 Å². The molecule has 0 aliphatic heterocycles. The standard InChI is InChI=1S/C22H26ClN3OS2/c1-16-6-4-7-19-21(16)24-22(29-19)26(14-13-25(2)3)20(27)8-5-15-28-18-11-9-17(23)10-12-18/h4,6-7,9-12H,5,8,13-15H2,1-3H3. The van der Waals surface area contributed by atoms with Gasteiger partial charge in [-0.2, -0.15) is 0 Å². The van der Waals surface area contributed by atoms with E-state index in [1.54, 1.807) is 23.1 Å². The van der Waals surface area contributed by atoms with Crippen LogP contribution in [0.5, 0.6) is 0 Å². The molecule has 2 aromatic carbocycles. The Hall–Kier alpha value is -1.60. The summed E-state index contributed by atoms with van der Waals surface area (Å²) in [7, 11) is 4.04. The zero-order valence-electron chi connectivity index (χ0n) is 17.0. The van der Waals surface area contributed by atoms with Crippen molar-refractivity contribution in [2.75, 3.05) is 37.8 Å². The van der Waals surface area contributed by atoms with Crippen LogP contribution < -0.4 is 4.90 Å². The molecule has 0 unspecified atom stereocenters. The molecule has 7 heteroatoms. The Labute approximate surface area is 185 Å². The van der Waals surface area contributed by atoms with Crippen LogP contribution >= 0.6 is 34.7 Å². The third-order valence-electron chi connectivity index (χ3n) is 4.53. The van der Waals surface area contributed by atoms with Crippen molar-refractivity contribution >= 4 is 56.0 Å². The fourth-order valence-electron chi connectivity index (χ4n) is 2.90. The Morgan fingerprint density at radius 2 is 1.90 bits per heavy atom. The minimum atomic E-state index is 0.139. The lowest BCUT2D eigenvalue weighted by Crippen LogP contribution is -2.36. The molecule has 0 atom stereocenters. The molecule has 0 aliphatic rings. The number of thioether (sulfide) groups is 1. The summed E-state index contributed by atoms with van der Waals surface area (Å²) in [6, 6.07) is 14.0. The van der Waals surface area contributed by atoms with Crippen LogP contribution in [0.3, 0.4) is 0 Å². The minimum absolute atomic E-state index is 0.139. The van der Waals surface area contributed by atoms with Gasteiger partial charge in [-0.25, -0.2) is 4.98 Å². The molecule has 29 heavy (non-hydrogen) atoms. The first kappa shape index (κ1) is 22.1. The smallest absolute Gasteiger partial charge is 0.228 e. The fourth-order valence-corrected chi connectivity index (χ4v) is 4.96. The summed E-state index contributed by atoms with van der Waals surface area (Å²) in [5.74, 6) is 1.04.